The van der Waals surface area contributed by atoms with Gasteiger partial charge in [0.05, 0.1) is 20.3 Å². The molecule has 0 heterocycles. The third kappa shape index (κ3) is 4.63. The smallest absolute Gasteiger partial charge is 0.244 e. The van der Waals surface area contributed by atoms with E-state index in [0.29, 0.717) is 17.4 Å². The summed E-state index contributed by atoms with van der Waals surface area (Å²) in [4.78, 5) is 12.4. The van der Waals surface area contributed by atoms with Crippen LogP contribution >= 0.6 is 0 Å². The van der Waals surface area contributed by atoms with Crippen LogP contribution in [0.3, 0.4) is 0 Å². The van der Waals surface area contributed by atoms with Crippen molar-refractivity contribution in [3.05, 3.63) is 65.7 Å². The molecule has 4 heteroatoms. The summed E-state index contributed by atoms with van der Waals surface area (Å²) in [7, 11) is 3.21. The van der Waals surface area contributed by atoms with Crippen molar-refractivity contribution in [1.82, 2.24) is 5.32 Å². The van der Waals surface area contributed by atoms with Crippen LogP contribution in [-0.2, 0) is 4.79 Å². The van der Waals surface area contributed by atoms with Crippen LogP contribution in [0.25, 0.3) is 6.08 Å². The summed E-state index contributed by atoms with van der Waals surface area (Å²) in [6, 6.07) is 15.8. The predicted molar refractivity (Wildman–Crippen MR) is 98.6 cm³/mol. The lowest BCUT2D eigenvalue weighted by Crippen LogP contribution is -2.28. The molecular formula is C21H23NO3. The zero-order valence-corrected chi connectivity index (χ0v) is 14.6. The number of benzene rings is 2. The molecule has 0 aliphatic heterocycles. The molecule has 0 aromatic heterocycles. The molecule has 1 aliphatic carbocycles. The maximum Gasteiger partial charge on any atom is 0.244 e. The van der Waals surface area contributed by atoms with Crippen molar-refractivity contribution in [1.29, 1.82) is 0 Å². The zero-order chi connectivity index (χ0) is 17.6. The quantitative estimate of drug-likeness (QED) is 0.777. The second-order valence-electron chi connectivity index (χ2n) is 6.21. The lowest BCUT2D eigenvalue weighted by molar-refractivity contribution is -0.117. The number of hydrogen-bond acceptors (Lipinski definition) is 3. The van der Waals surface area contributed by atoms with Crippen LogP contribution in [0.5, 0.6) is 11.5 Å². The molecule has 1 saturated carbocycles. The summed E-state index contributed by atoms with van der Waals surface area (Å²) >= 11 is 0. The fourth-order valence-corrected chi connectivity index (χ4v) is 2.86. The molecule has 130 valence electrons. The second-order valence-corrected chi connectivity index (χ2v) is 6.21. The summed E-state index contributed by atoms with van der Waals surface area (Å²) in [5, 5.41) is 3.13. The molecule has 2 aromatic carbocycles. The van der Waals surface area contributed by atoms with Crippen LogP contribution in [-0.4, -0.2) is 20.1 Å². The maximum atomic E-state index is 12.4. The third-order valence-corrected chi connectivity index (χ3v) is 4.35. The maximum absolute atomic E-state index is 12.4. The number of amides is 1. The summed E-state index contributed by atoms with van der Waals surface area (Å²) < 4.78 is 10.5. The molecule has 1 amide bonds. The number of methoxy groups -OCH3 is 2. The molecule has 3 rings (SSSR count). The monoisotopic (exact) mass is 337 g/mol. The normalized spacial score (nSPS) is 15.0. The van der Waals surface area contributed by atoms with Crippen LogP contribution in [0.2, 0.25) is 0 Å². The SMILES string of the molecule is COc1cc(/C=C/C(=O)NC(c2ccccc2)C2CC2)cc(OC)c1. The molecule has 4 nitrogen and oxygen atoms in total. The van der Waals surface area contributed by atoms with E-state index in [9.17, 15) is 4.79 Å². The summed E-state index contributed by atoms with van der Waals surface area (Å²) in [6.45, 7) is 0. The van der Waals surface area contributed by atoms with Gasteiger partial charge in [-0.2, -0.15) is 0 Å². The van der Waals surface area contributed by atoms with E-state index >= 15 is 0 Å². The number of hydrogen-bond donors (Lipinski definition) is 1. The Hall–Kier alpha value is -2.75. The molecule has 0 saturated heterocycles. The van der Waals surface area contributed by atoms with Crippen LogP contribution < -0.4 is 14.8 Å². The number of carbonyl (C=O) groups is 1. The Morgan fingerprint density at radius 3 is 2.28 bits per heavy atom. The highest BCUT2D eigenvalue weighted by molar-refractivity contribution is 5.92. The van der Waals surface area contributed by atoms with Crippen molar-refractivity contribution in [3.8, 4) is 11.5 Å². The van der Waals surface area contributed by atoms with E-state index < -0.39 is 0 Å². The van der Waals surface area contributed by atoms with Crippen molar-refractivity contribution in [2.24, 2.45) is 5.92 Å². The van der Waals surface area contributed by atoms with Gasteiger partial charge in [-0.15, -0.1) is 0 Å². The summed E-state index contributed by atoms with van der Waals surface area (Å²) in [5.74, 6) is 1.83. The van der Waals surface area contributed by atoms with Gasteiger partial charge in [-0.05, 0) is 48.1 Å². The highest BCUT2D eigenvalue weighted by Crippen LogP contribution is 2.40. The largest absolute Gasteiger partial charge is 0.497 e. The average Bonchev–Trinajstić information content (AvgIpc) is 3.49. The fraction of sp³-hybridized carbons (Fsp3) is 0.286. The van der Waals surface area contributed by atoms with Gasteiger partial charge in [0.1, 0.15) is 11.5 Å². The van der Waals surface area contributed by atoms with E-state index in [-0.39, 0.29) is 11.9 Å². The van der Waals surface area contributed by atoms with Crippen molar-refractivity contribution >= 4 is 12.0 Å². The Morgan fingerprint density at radius 2 is 1.72 bits per heavy atom. The molecule has 25 heavy (non-hydrogen) atoms. The van der Waals surface area contributed by atoms with Crippen LogP contribution in [0.1, 0.15) is 30.0 Å². The lowest BCUT2D eigenvalue weighted by atomic mass is 10.0. The van der Waals surface area contributed by atoms with Gasteiger partial charge in [0.15, 0.2) is 0 Å². The van der Waals surface area contributed by atoms with Gasteiger partial charge < -0.3 is 14.8 Å². The van der Waals surface area contributed by atoms with Crippen molar-refractivity contribution in [2.45, 2.75) is 18.9 Å². The summed E-state index contributed by atoms with van der Waals surface area (Å²) in [6.07, 6.45) is 5.66. The van der Waals surface area contributed by atoms with Gasteiger partial charge in [0.2, 0.25) is 5.91 Å². The van der Waals surface area contributed by atoms with E-state index in [4.69, 9.17) is 9.47 Å². The van der Waals surface area contributed by atoms with E-state index in [1.54, 1.807) is 32.4 Å². The predicted octanol–water partition coefficient (Wildman–Crippen LogP) is 3.98. The van der Waals surface area contributed by atoms with Gasteiger partial charge in [-0.25, -0.2) is 0 Å². The zero-order valence-electron chi connectivity index (χ0n) is 14.6. The van der Waals surface area contributed by atoms with Gasteiger partial charge in [0.25, 0.3) is 0 Å². The Balaban J connectivity index is 1.70. The molecule has 1 N–H and O–H groups in total. The van der Waals surface area contributed by atoms with Crippen molar-refractivity contribution in [2.75, 3.05) is 14.2 Å². The molecular weight excluding hydrogens is 314 g/mol. The molecule has 0 radical (unpaired) electrons. The number of carbonyl (C=O) groups excluding carboxylic acids is 1. The molecule has 0 spiro atoms. The van der Waals surface area contributed by atoms with Gasteiger partial charge in [-0.3, -0.25) is 4.79 Å². The van der Waals surface area contributed by atoms with E-state index in [1.165, 1.54) is 0 Å². The van der Waals surface area contributed by atoms with Crippen molar-refractivity contribution in [3.63, 3.8) is 0 Å². The first-order chi connectivity index (χ1) is 12.2. The van der Waals surface area contributed by atoms with E-state index in [0.717, 1.165) is 24.0 Å². The topological polar surface area (TPSA) is 47.6 Å². The molecule has 0 bridgehead atoms. The molecule has 1 atom stereocenters. The van der Waals surface area contributed by atoms with Crippen LogP contribution in [0.15, 0.2) is 54.6 Å². The first-order valence-electron chi connectivity index (χ1n) is 8.46. The van der Waals surface area contributed by atoms with Gasteiger partial charge in [-0.1, -0.05) is 30.3 Å². The first-order valence-corrected chi connectivity index (χ1v) is 8.46. The van der Waals surface area contributed by atoms with Crippen molar-refractivity contribution < 1.29 is 14.3 Å². The first kappa shape index (κ1) is 17.1. The van der Waals surface area contributed by atoms with Gasteiger partial charge >= 0.3 is 0 Å². The van der Waals surface area contributed by atoms with Crippen LogP contribution in [0, 0.1) is 5.92 Å². The summed E-state index contributed by atoms with van der Waals surface area (Å²) in [5.41, 5.74) is 2.02. The average molecular weight is 337 g/mol. The molecule has 1 fully saturated rings. The minimum Gasteiger partial charge on any atom is -0.497 e. The Labute approximate surface area is 148 Å². The van der Waals surface area contributed by atoms with E-state index in [1.807, 2.05) is 30.3 Å². The van der Waals surface area contributed by atoms with E-state index in [2.05, 4.69) is 17.4 Å². The Morgan fingerprint density at radius 1 is 1.08 bits per heavy atom. The third-order valence-electron chi connectivity index (χ3n) is 4.35. The molecule has 2 aromatic rings. The highest BCUT2D eigenvalue weighted by atomic mass is 16.5. The molecule has 1 aliphatic rings. The number of nitrogens with one attached hydrogen (secondary N) is 1. The second kappa shape index (κ2) is 7.88. The Bertz CT molecular complexity index is 729. The highest BCUT2D eigenvalue weighted by Gasteiger charge is 2.32. The molecule has 1 unspecified atom stereocenters. The van der Waals surface area contributed by atoms with Gasteiger partial charge in [0, 0.05) is 12.1 Å². The Kier molecular flexibility index (Phi) is 5.39. The van der Waals surface area contributed by atoms with Crippen LogP contribution in [0.4, 0.5) is 0 Å². The number of ether oxygens (including phenoxy) is 2. The lowest BCUT2D eigenvalue weighted by Gasteiger charge is -2.17. The number of rotatable bonds is 7. The minimum absolute atomic E-state index is 0.0817. The fourth-order valence-electron chi connectivity index (χ4n) is 2.86. The standard InChI is InChI=1S/C21H23NO3/c1-24-18-12-15(13-19(14-18)25-2)8-11-20(23)22-21(17-9-10-17)16-6-4-3-5-7-16/h3-8,11-14,17,21H,9-10H2,1-2H3,(H,22,23)/b11-8+. The minimum atomic E-state index is -0.0949.